The largest absolute Gasteiger partial charge is 0.488 e. The van der Waals surface area contributed by atoms with Gasteiger partial charge in [-0.05, 0) is 58.5 Å². The Balaban J connectivity index is 1.99. The van der Waals surface area contributed by atoms with E-state index in [1.165, 1.54) is 12.1 Å². The van der Waals surface area contributed by atoms with Gasteiger partial charge in [-0.1, -0.05) is 43.3 Å². The summed E-state index contributed by atoms with van der Waals surface area (Å²) in [6, 6.07) is 19.9. The highest BCUT2D eigenvalue weighted by atomic mass is 32.2. The van der Waals surface area contributed by atoms with Crippen molar-refractivity contribution in [1.29, 1.82) is 0 Å². The number of nitrogens with one attached hydrogen (secondary N) is 1. The lowest BCUT2D eigenvalue weighted by Gasteiger charge is -2.18. The Kier molecular flexibility index (Phi) is 5.35. The Morgan fingerprint density at radius 3 is 2.60 bits per heavy atom. The number of ether oxygens (including phenoxy) is 1. The van der Waals surface area contributed by atoms with E-state index in [0.29, 0.717) is 24.5 Å². The zero-order valence-electron chi connectivity index (χ0n) is 16.8. The van der Waals surface area contributed by atoms with Crippen LogP contribution in [0.4, 0.5) is 10.1 Å². The Labute approximate surface area is 176 Å². The third kappa shape index (κ3) is 4.09. The minimum atomic E-state index is -3.39. The summed E-state index contributed by atoms with van der Waals surface area (Å²) in [7, 11) is -3.39. The second-order valence-corrected chi connectivity index (χ2v) is 9.00. The van der Waals surface area contributed by atoms with Crippen molar-refractivity contribution in [1.82, 2.24) is 0 Å². The molecule has 0 spiro atoms. The molecule has 1 aliphatic rings. The number of hydrogen-bond donors (Lipinski definition) is 1. The highest BCUT2D eigenvalue weighted by Gasteiger charge is 2.23. The molecule has 0 aromatic heterocycles. The zero-order chi connectivity index (χ0) is 21.3. The van der Waals surface area contributed by atoms with E-state index in [-0.39, 0.29) is 5.82 Å². The third-order valence-electron chi connectivity index (χ3n) is 5.05. The van der Waals surface area contributed by atoms with Crippen LogP contribution in [0.2, 0.25) is 0 Å². The molecule has 0 saturated carbocycles. The molecular weight excluding hydrogens is 401 g/mol. The lowest BCUT2D eigenvalue weighted by molar-refractivity contribution is 0.305. The summed E-state index contributed by atoms with van der Waals surface area (Å²) >= 11 is 0. The minimum Gasteiger partial charge on any atom is -0.488 e. The predicted molar refractivity (Wildman–Crippen MR) is 118 cm³/mol. The first kappa shape index (κ1) is 20.2. The summed E-state index contributed by atoms with van der Waals surface area (Å²) in [5.41, 5.74) is 6.25. The Hall–Kier alpha value is -3.12. The van der Waals surface area contributed by atoms with Gasteiger partial charge in [0.15, 0.2) is 0 Å². The van der Waals surface area contributed by atoms with Crippen molar-refractivity contribution in [3.8, 4) is 5.75 Å². The van der Waals surface area contributed by atoms with Gasteiger partial charge in [-0.3, -0.25) is 4.72 Å². The highest BCUT2D eigenvalue weighted by molar-refractivity contribution is 7.92. The Morgan fingerprint density at radius 1 is 1.03 bits per heavy atom. The van der Waals surface area contributed by atoms with Crippen LogP contribution in [0.3, 0.4) is 0 Å². The summed E-state index contributed by atoms with van der Waals surface area (Å²) in [5.74, 6) is 0.147. The van der Waals surface area contributed by atoms with E-state index in [2.05, 4.69) is 11.6 Å². The van der Waals surface area contributed by atoms with E-state index in [9.17, 15) is 12.8 Å². The van der Waals surface area contributed by atoms with Crippen LogP contribution in [0.25, 0.3) is 11.1 Å². The molecule has 0 atom stereocenters. The molecule has 6 heteroatoms. The topological polar surface area (TPSA) is 55.4 Å². The molecule has 0 radical (unpaired) electrons. The van der Waals surface area contributed by atoms with Crippen molar-refractivity contribution in [2.75, 3.05) is 11.0 Å². The van der Waals surface area contributed by atoms with Crippen LogP contribution in [-0.2, 0) is 16.6 Å². The fourth-order valence-electron chi connectivity index (χ4n) is 3.85. The van der Waals surface area contributed by atoms with Gasteiger partial charge >= 0.3 is 0 Å². The summed E-state index contributed by atoms with van der Waals surface area (Å²) < 4.78 is 45.8. The van der Waals surface area contributed by atoms with Gasteiger partial charge in [0.05, 0.1) is 6.26 Å². The molecule has 0 aliphatic carbocycles. The van der Waals surface area contributed by atoms with Crippen LogP contribution < -0.4 is 9.46 Å². The number of hydrogen-bond acceptors (Lipinski definition) is 3. The molecule has 1 heterocycles. The first-order chi connectivity index (χ1) is 14.4. The van der Waals surface area contributed by atoms with Gasteiger partial charge in [0.25, 0.3) is 0 Å². The second-order valence-electron chi connectivity index (χ2n) is 7.25. The second kappa shape index (κ2) is 7.95. The monoisotopic (exact) mass is 423 g/mol. The van der Waals surface area contributed by atoms with Crippen molar-refractivity contribution < 1.29 is 17.5 Å². The maximum Gasteiger partial charge on any atom is 0.229 e. The van der Waals surface area contributed by atoms with Gasteiger partial charge in [0.2, 0.25) is 10.0 Å². The molecule has 4 rings (SSSR count). The fraction of sp³-hybridized carbons (Fsp3) is 0.167. The Morgan fingerprint density at radius 2 is 1.83 bits per heavy atom. The summed E-state index contributed by atoms with van der Waals surface area (Å²) in [4.78, 5) is 0. The van der Waals surface area contributed by atoms with Crippen LogP contribution >= 0.6 is 0 Å². The summed E-state index contributed by atoms with van der Waals surface area (Å²) in [6.07, 6.45) is 1.82. The van der Waals surface area contributed by atoms with Crippen molar-refractivity contribution in [3.63, 3.8) is 0 Å². The van der Waals surface area contributed by atoms with Crippen LogP contribution in [0.15, 0.2) is 66.7 Å². The molecule has 0 bridgehead atoms. The van der Waals surface area contributed by atoms with E-state index in [1.54, 1.807) is 12.1 Å². The van der Waals surface area contributed by atoms with Crippen LogP contribution in [0.1, 0.15) is 35.6 Å². The van der Waals surface area contributed by atoms with Crippen molar-refractivity contribution in [2.24, 2.45) is 0 Å². The van der Waals surface area contributed by atoms with Crippen LogP contribution in [0, 0.1) is 5.82 Å². The molecule has 30 heavy (non-hydrogen) atoms. The molecule has 154 valence electrons. The number of anilines is 1. The number of rotatable bonds is 4. The van der Waals surface area contributed by atoms with Gasteiger partial charge < -0.3 is 4.74 Å². The van der Waals surface area contributed by atoms with E-state index in [4.69, 9.17) is 4.74 Å². The van der Waals surface area contributed by atoms with E-state index in [1.807, 2.05) is 42.5 Å². The molecule has 3 aromatic rings. The lowest BCUT2D eigenvalue weighted by Crippen LogP contribution is -2.09. The lowest BCUT2D eigenvalue weighted by atomic mass is 9.86. The molecule has 0 amide bonds. The van der Waals surface area contributed by atoms with Crippen molar-refractivity contribution in [2.45, 2.75) is 20.0 Å². The average Bonchev–Trinajstić information content (AvgIpc) is 2.85. The zero-order valence-corrected chi connectivity index (χ0v) is 17.6. The van der Waals surface area contributed by atoms with Gasteiger partial charge in [0, 0.05) is 17.3 Å². The molecule has 1 N–H and O–H groups in total. The first-order valence-electron chi connectivity index (χ1n) is 9.68. The van der Waals surface area contributed by atoms with Crippen molar-refractivity contribution in [3.05, 3.63) is 94.8 Å². The molecule has 0 fully saturated rings. The van der Waals surface area contributed by atoms with Crippen molar-refractivity contribution >= 4 is 26.9 Å². The number of benzene rings is 3. The molecule has 4 nitrogen and oxygen atoms in total. The van der Waals surface area contributed by atoms with Crippen LogP contribution in [-0.4, -0.2) is 14.7 Å². The normalized spacial score (nSPS) is 14.8. The van der Waals surface area contributed by atoms with E-state index in [0.717, 1.165) is 39.7 Å². The average molecular weight is 424 g/mol. The fourth-order valence-corrected chi connectivity index (χ4v) is 4.40. The van der Waals surface area contributed by atoms with E-state index >= 15 is 0 Å². The Bertz CT molecular complexity index is 1250. The number of sulfonamides is 1. The number of halogens is 1. The van der Waals surface area contributed by atoms with Crippen LogP contribution in [0.5, 0.6) is 5.75 Å². The summed E-state index contributed by atoms with van der Waals surface area (Å²) in [6.45, 7) is 2.40. The molecule has 3 aromatic carbocycles. The standard InChI is InChI=1S/C24H22FNO3S/c1-3-20(16-8-6-9-19(13-16)26-30(2,27)28)24-21-10-5-4-7-17(21)15-29-23-14-18(25)11-12-22(23)24/h4-14,26H,3,15H2,1-2H3/b24-20-. The molecule has 0 unspecified atom stereocenters. The van der Waals surface area contributed by atoms with Gasteiger partial charge in [-0.25, -0.2) is 12.8 Å². The smallest absolute Gasteiger partial charge is 0.229 e. The van der Waals surface area contributed by atoms with Gasteiger partial charge in [-0.2, -0.15) is 0 Å². The number of fused-ring (bicyclic) bond motifs is 2. The quantitative estimate of drug-likeness (QED) is 0.606. The first-order valence-corrected chi connectivity index (χ1v) is 11.6. The maximum absolute atomic E-state index is 13.9. The van der Waals surface area contributed by atoms with E-state index < -0.39 is 10.0 Å². The maximum atomic E-state index is 13.9. The minimum absolute atomic E-state index is 0.350. The van der Waals surface area contributed by atoms with Gasteiger partial charge in [-0.15, -0.1) is 0 Å². The summed E-state index contributed by atoms with van der Waals surface area (Å²) in [5, 5.41) is 0. The van der Waals surface area contributed by atoms with Gasteiger partial charge in [0.1, 0.15) is 18.2 Å². The molecule has 0 saturated heterocycles. The SMILES string of the molecule is CC/C(=C1\c2ccccc2COc2cc(F)ccc21)c1cccc(NS(C)(=O)=O)c1. The molecular formula is C24H22FNO3S. The molecule has 1 aliphatic heterocycles. The highest BCUT2D eigenvalue weighted by Crippen LogP contribution is 2.42. The predicted octanol–water partition coefficient (Wildman–Crippen LogP) is 5.46. The third-order valence-corrected chi connectivity index (χ3v) is 5.66. The number of allylic oxidation sites excluding steroid dienone is 1.